The zero-order valence-corrected chi connectivity index (χ0v) is 24.0. The first-order chi connectivity index (χ1) is 19.7. The zero-order chi connectivity index (χ0) is 29.0. The van der Waals surface area contributed by atoms with E-state index in [2.05, 4.69) is 10.6 Å². The molecule has 2 aliphatic rings. The Morgan fingerprint density at radius 3 is 2.15 bits per heavy atom. The lowest BCUT2D eigenvalue weighted by atomic mass is 9.80. The van der Waals surface area contributed by atoms with Crippen molar-refractivity contribution in [1.82, 2.24) is 10.6 Å². The smallest absolute Gasteiger partial charge is 0.252 e. The number of hydrogen-bond acceptors (Lipinski definition) is 6. The molecule has 1 heterocycles. The molecule has 1 unspecified atom stereocenters. The van der Waals surface area contributed by atoms with E-state index in [0.717, 1.165) is 36.6 Å². The molecular weight excluding hydrogens is 538 g/mol. The second kappa shape index (κ2) is 11.9. The van der Waals surface area contributed by atoms with E-state index in [4.69, 9.17) is 0 Å². The quantitative estimate of drug-likeness (QED) is 0.439. The number of nitrogens with zero attached hydrogens (tertiary/aromatic N) is 1. The van der Waals surface area contributed by atoms with Crippen molar-refractivity contribution in [3.05, 3.63) is 84.4 Å². The average Bonchev–Trinajstić information content (AvgIpc) is 2.98. The summed E-state index contributed by atoms with van der Waals surface area (Å²) in [5, 5.41) is 5.97. The summed E-state index contributed by atoms with van der Waals surface area (Å²) in [7, 11) is -3.47. The Kier molecular flexibility index (Phi) is 8.26. The van der Waals surface area contributed by atoms with Gasteiger partial charge in [-0.2, -0.15) is 0 Å². The standard InChI is InChI=1S/C32H35N3O5S/c1-41(39,40)29-13-7-6-12-27(29)35-21-18-26(28(36)22-35)33-31(38)32(19-8-3-9-20-32)34-30(37)25-16-14-24(15-17-25)23-10-4-2-5-11-23/h2,4-7,10-17,26H,3,8-9,18-22H2,1H3,(H,33,38)(H,34,37). The number of ketones is 1. The van der Waals surface area contributed by atoms with E-state index < -0.39 is 21.4 Å². The highest BCUT2D eigenvalue weighted by molar-refractivity contribution is 7.90. The highest BCUT2D eigenvalue weighted by Gasteiger charge is 2.43. The number of piperidine rings is 1. The van der Waals surface area contributed by atoms with Crippen LogP contribution in [0.1, 0.15) is 48.9 Å². The van der Waals surface area contributed by atoms with Crippen molar-refractivity contribution in [3.8, 4) is 11.1 Å². The minimum Gasteiger partial charge on any atom is -0.363 e. The molecule has 3 aromatic rings. The lowest BCUT2D eigenvalue weighted by Crippen LogP contribution is -2.63. The van der Waals surface area contributed by atoms with Crippen LogP contribution in [0.4, 0.5) is 5.69 Å². The van der Waals surface area contributed by atoms with Crippen LogP contribution in [0.15, 0.2) is 83.8 Å². The predicted molar refractivity (Wildman–Crippen MR) is 158 cm³/mol. The molecule has 1 aliphatic heterocycles. The predicted octanol–water partition coefficient (Wildman–Crippen LogP) is 4.15. The van der Waals surface area contributed by atoms with Crippen LogP contribution in [0, 0.1) is 0 Å². The number of hydrogen-bond donors (Lipinski definition) is 2. The van der Waals surface area contributed by atoms with Gasteiger partial charge in [0.25, 0.3) is 5.91 Å². The van der Waals surface area contributed by atoms with E-state index in [9.17, 15) is 22.8 Å². The first kappa shape index (κ1) is 28.5. The van der Waals surface area contributed by atoms with Gasteiger partial charge in [-0.05, 0) is 54.7 Å². The van der Waals surface area contributed by atoms with Crippen LogP contribution in [-0.2, 0) is 19.4 Å². The van der Waals surface area contributed by atoms with Crippen LogP contribution in [0.2, 0.25) is 0 Å². The summed E-state index contributed by atoms with van der Waals surface area (Å²) in [5.41, 5.74) is 1.92. The summed E-state index contributed by atoms with van der Waals surface area (Å²) in [6.45, 7) is 0.404. The third-order valence-electron chi connectivity index (χ3n) is 8.08. The molecule has 2 fully saturated rings. The van der Waals surface area contributed by atoms with E-state index in [1.165, 1.54) is 6.07 Å². The molecule has 2 N–H and O–H groups in total. The topological polar surface area (TPSA) is 113 Å². The van der Waals surface area contributed by atoms with Crippen LogP contribution in [0.3, 0.4) is 0 Å². The molecule has 1 aliphatic carbocycles. The average molecular weight is 574 g/mol. The van der Waals surface area contributed by atoms with Crippen molar-refractivity contribution in [2.75, 3.05) is 24.2 Å². The van der Waals surface area contributed by atoms with Gasteiger partial charge in [-0.15, -0.1) is 0 Å². The molecule has 5 rings (SSSR count). The fourth-order valence-corrected chi connectivity index (χ4v) is 6.71. The van der Waals surface area contributed by atoms with Gasteiger partial charge < -0.3 is 15.5 Å². The number of para-hydroxylation sites is 1. The molecule has 0 bridgehead atoms. The molecule has 2 amide bonds. The fraction of sp³-hybridized carbons (Fsp3) is 0.344. The van der Waals surface area contributed by atoms with Gasteiger partial charge in [-0.3, -0.25) is 14.4 Å². The number of amides is 2. The van der Waals surface area contributed by atoms with Gasteiger partial charge in [0.2, 0.25) is 5.91 Å². The Bertz CT molecular complexity index is 1530. The number of anilines is 1. The minimum absolute atomic E-state index is 0.00932. The highest BCUT2D eigenvalue weighted by atomic mass is 32.2. The van der Waals surface area contributed by atoms with Crippen LogP contribution in [-0.4, -0.2) is 56.9 Å². The van der Waals surface area contributed by atoms with E-state index in [-0.39, 0.29) is 29.0 Å². The first-order valence-electron chi connectivity index (χ1n) is 14.0. The number of carbonyl (C=O) groups is 3. The maximum absolute atomic E-state index is 13.7. The molecule has 3 aromatic carbocycles. The number of Topliss-reactive ketones (excluding diaryl/α,β-unsaturated/α-hetero) is 1. The van der Waals surface area contributed by atoms with E-state index in [1.54, 1.807) is 35.2 Å². The monoisotopic (exact) mass is 573 g/mol. The van der Waals surface area contributed by atoms with Crippen molar-refractivity contribution in [3.63, 3.8) is 0 Å². The lowest BCUT2D eigenvalue weighted by molar-refractivity contribution is -0.133. The summed E-state index contributed by atoms with van der Waals surface area (Å²) in [5.74, 6) is -0.850. The van der Waals surface area contributed by atoms with Crippen molar-refractivity contribution in [2.24, 2.45) is 0 Å². The second-order valence-electron chi connectivity index (χ2n) is 11.0. The maximum atomic E-state index is 13.7. The zero-order valence-electron chi connectivity index (χ0n) is 23.1. The van der Waals surface area contributed by atoms with Gasteiger partial charge >= 0.3 is 0 Å². The lowest BCUT2D eigenvalue weighted by Gasteiger charge is -2.39. The Labute approximate surface area is 241 Å². The van der Waals surface area contributed by atoms with Crippen molar-refractivity contribution in [1.29, 1.82) is 0 Å². The van der Waals surface area contributed by atoms with E-state index in [0.29, 0.717) is 37.1 Å². The maximum Gasteiger partial charge on any atom is 0.252 e. The van der Waals surface area contributed by atoms with Crippen LogP contribution >= 0.6 is 0 Å². The van der Waals surface area contributed by atoms with Crippen LogP contribution in [0.5, 0.6) is 0 Å². The van der Waals surface area contributed by atoms with Gasteiger partial charge in [0, 0.05) is 18.4 Å². The van der Waals surface area contributed by atoms with Gasteiger partial charge in [-0.1, -0.05) is 73.9 Å². The molecule has 1 saturated heterocycles. The fourth-order valence-electron chi connectivity index (χ4n) is 5.81. The summed E-state index contributed by atoms with van der Waals surface area (Å²) >= 11 is 0. The first-order valence-corrected chi connectivity index (χ1v) is 15.9. The third-order valence-corrected chi connectivity index (χ3v) is 9.23. The number of carbonyl (C=O) groups excluding carboxylic acids is 3. The molecule has 0 radical (unpaired) electrons. The van der Waals surface area contributed by atoms with Crippen molar-refractivity contribution >= 4 is 33.1 Å². The Balaban J connectivity index is 1.27. The summed E-state index contributed by atoms with van der Waals surface area (Å²) in [6, 6.07) is 23.1. The molecular formula is C32H35N3O5S. The molecule has 41 heavy (non-hydrogen) atoms. The number of sulfone groups is 1. The summed E-state index contributed by atoms with van der Waals surface area (Å²) < 4.78 is 24.5. The van der Waals surface area contributed by atoms with Crippen molar-refractivity contribution in [2.45, 2.75) is 55.0 Å². The molecule has 1 atom stereocenters. The Hall–Kier alpha value is -3.98. The second-order valence-corrected chi connectivity index (χ2v) is 13.0. The highest BCUT2D eigenvalue weighted by Crippen LogP contribution is 2.31. The van der Waals surface area contributed by atoms with E-state index >= 15 is 0 Å². The Morgan fingerprint density at radius 1 is 0.854 bits per heavy atom. The molecule has 0 spiro atoms. The molecule has 214 valence electrons. The Morgan fingerprint density at radius 2 is 1.49 bits per heavy atom. The van der Waals surface area contributed by atoms with Crippen molar-refractivity contribution < 1.29 is 22.8 Å². The van der Waals surface area contributed by atoms with Crippen LogP contribution in [0.25, 0.3) is 11.1 Å². The number of benzene rings is 3. The van der Waals surface area contributed by atoms with Gasteiger partial charge in [0.05, 0.1) is 23.2 Å². The molecule has 0 aromatic heterocycles. The number of nitrogens with one attached hydrogen (secondary N) is 2. The number of rotatable bonds is 7. The van der Waals surface area contributed by atoms with Crippen LogP contribution < -0.4 is 15.5 Å². The summed E-state index contributed by atoms with van der Waals surface area (Å²) in [6.07, 6.45) is 5.07. The van der Waals surface area contributed by atoms with Gasteiger partial charge in [-0.25, -0.2) is 8.42 Å². The third kappa shape index (κ3) is 6.35. The molecule has 1 saturated carbocycles. The molecule has 9 heteroatoms. The molecule has 8 nitrogen and oxygen atoms in total. The normalized spacial score (nSPS) is 18.9. The van der Waals surface area contributed by atoms with E-state index in [1.807, 2.05) is 42.5 Å². The van der Waals surface area contributed by atoms with Gasteiger partial charge in [0.15, 0.2) is 15.6 Å². The minimum atomic E-state index is -3.47. The van der Waals surface area contributed by atoms with Gasteiger partial charge in [0.1, 0.15) is 5.54 Å². The largest absolute Gasteiger partial charge is 0.363 e. The SMILES string of the molecule is CS(=O)(=O)c1ccccc1N1CCC(NC(=O)C2(NC(=O)c3ccc(-c4ccccc4)cc3)CCCCC2)C(=O)C1. The summed E-state index contributed by atoms with van der Waals surface area (Å²) in [4.78, 5) is 42.1.